The van der Waals surface area contributed by atoms with Gasteiger partial charge in [0.1, 0.15) is 6.54 Å². The molecule has 1 N–H and O–H groups in total. The number of nitrogens with zero attached hydrogens (tertiary/aromatic N) is 4. The van der Waals surface area contributed by atoms with Gasteiger partial charge < -0.3 is 20.1 Å². The van der Waals surface area contributed by atoms with E-state index in [-0.39, 0.29) is 30.6 Å². The third-order valence-corrected chi connectivity index (χ3v) is 3.52. The maximum atomic E-state index is 12.1. The van der Waals surface area contributed by atoms with Crippen LogP contribution in [-0.2, 0) is 16.1 Å². The highest BCUT2D eigenvalue weighted by Gasteiger charge is 2.27. The SMILES string of the molecule is O=C(O)CCC1CCN(C(=O)Cn2ccc([N+](=O)[O-])n2)C1. The Morgan fingerprint density at radius 2 is 2.29 bits per heavy atom. The first-order valence-corrected chi connectivity index (χ1v) is 6.63. The molecule has 0 spiro atoms. The molecule has 0 bridgehead atoms. The monoisotopic (exact) mass is 296 g/mol. The second-order valence-electron chi connectivity index (χ2n) is 5.06. The number of rotatable bonds is 6. The molecule has 114 valence electrons. The van der Waals surface area contributed by atoms with Gasteiger partial charge in [0.15, 0.2) is 0 Å². The van der Waals surface area contributed by atoms with E-state index in [0.29, 0.717) is 19.5 Å². The lowest BCUT2D eigenvalue weighted by molar-refractivity contribution is -0.389. The van der Waals surface area contributed by atoms with E-state index >= 15 is 0 Å². The Balaban J connectivity index is 1.83. The first-order valence-electron chi connectivity index (χ1n) is 6.63. The third kappa shape index (κ3) is 4.01. The molecule has 9 nitrogen and oxygen atoms in total. The van der Waals surface area contributed by atoms with Crippen molar-refractivity contribution in [3.8, 4) is 0 Å². The van der Waals surface area contributed by atoms with Crippen LogP contribution >= 0.6 is 0 Å². The van der Waals surface area contributed by atoms with E-state index in [0.717, 1.165) is 6.42 Å². The lowest BCUT2D eigenvalue weighted by Crippen LogP contribution is -2.32. The van der Waals surface area contributed by atoms with E-state index in [9.17, 15) is 19.7 Å². The van der Waals surface area contributed by atoms with Crippen LogP contribution in [0.4, 0.5) is 5.82 Å². The maximum absolute atomic E-state index is 12.1. The van der Waals surface area contributed by atoms with Gasteiger partial charge in [-0.2, -0.15) is 4.68 Å². The molecule has 9 heteroatoms. The van der Waals surface area contributed by atoms with E-state index in [1.54, 1.807) is 4.90 Å². The predicted molar refractivity (Wildman–Crippen MR) is 70.4 cm³/mol. The smallest absolute Gasteiger partial charge is 0.389 e. The largest absolute Gasteiger partial charge is 0.481 e. The summed E-state index contributed by atoms with van der Waals surface area (Å²) < 4.78 is 1.24. The lowest BCUT2D eigenvalue weighted by atomic mass is 10.0. The molecule has 2 rings (SSSR count). The number of nitro groups is 1. The van der Waals surface area contributed by atoms with Gasteiger partial charge in [0.25, 0.3) is 0 Å². The molecular formula is C12H16N4O5. The fraction of sp³-hybridized carbons (Fsp3) is 0.583. The molecule has 21 heavy (non-hydrogen) atoms. The van der Waals surface area contributed by atoms with Gasteiger partial charge in [0, 0.05) is 19.5 Å². The molecule has 1 saturated heterocycles. The number of carbonyl (C=O) groups excluding carboxylic acids is 1. The van der Waals surface area contributed by atoms with Gasteiger partial charge in [-0.05, 0) is 23.7 Å². The van der Waals surface area contributed by atoms with Crippen molar-refractivity contribution < 1.29 is 19.6 Å². The molecule has 1 fully saturated rings. The Bertz CT molecular complexity index is 556. The van der Waals surface area contributed by atoms with Gasteiger partial charge in [-0.1, -0.05) is 0 Å². The summed E-state index contributed by atoms with van der Waals surface area (Å²) in [4.78, 5) is 34.1. The fourth-order valence-corrected chi connectivity index (χ4v) is 2.40. The number of hydrogen-bond acceptors (Lipinski definition) is 5. The zero-order valence-electron chi connectivity index (χ0n) is 11.3. The van der Waals surface area contributed by atoms with Crippen LogP contribution in [0, 0.1) is 16.0 Å². The van der Waals surface area contributed by atoms with Crippen molar-refractivity contribution in [2.45, 2.75) is 25.8 Å². The van der Waals surface area contributed by atoms with E-state index in [2.05, 4.69) is 5.10 Å². The highest BCUT2D eigenvalue weighted by molar-refractivity contribution is 5.76. The highest BCUT2D eigenvalue weighted by Crippen LogP contribution is 2.21. The van der Waals surface area contributed by atoms with E-state index in [1.807, 2.05) is 0 Å². The number of hydrogen-bond donors (Lipinski definition) is 1. The molecule has 1 aliphatic heterocycles. The van der Waals surface area contributed by atoms with E-state index in [1.165, 1.54) is 16.9 Å². The zero-order valence-corrected chi connectivity index (χ0v) is 11.3. The lowest BCUT2D eigenvalue weighted by Gasteiger charge is -2.15. The van der Waals surface area contributed by atoms with Crippen molar-refractivity contribution in [1.29, 1.82) is 0 Å². The first kappa shape index (κ1) is 14.9. The quantitative estimate of drug-likeness (QED) is 0.603. The Labute approximate surface area is 120 Å². The van der Waals surface area contributed by atoms with Crippen LogP contribution in [0.25, 0.3) is 0 Å². The Hall–Kier alpha value is -2.45. The van der Waals surface area contributed by atoms with Crippen LogP contribution in [0.1, 0.15) is 19.3 Å². The normalized spacial score (nSPS) is 17.9. The van der Waals surface area contributed by atoms with Gasteiger partial charge in [0.05, 0.1) is 17.4 Å². The van der Waals surface area contributed by atoms with Crippen LogP contribution in [-0.4, -0.2) is 49.7 Å². The summed E-state index contributed by atoms with van der Waals surface area (Å²) in [5.74, 6) is -1.07. The highest BCUT2D eigenvalue weighted by atomic mass is 16.6. The molecule has 1 aromatic rings. The Kier molecular flexibility index (Phi) is 4.51. The Morgan fingerprint density at radius 1 is 1.52 bits per heavy atom. The number of carboxylic acids is 1. The van der Waals surface area contributed by atoms with Gasteiger partial charge in [0.2, 0.25) is 5.91 Å². The average molecular weight is 296 g/mol. The van der Waals surface area contributed by atoms with Crippen molar-refractivity contribution in [1.82, 2.24) is 14.7 Å². The molecule has 1 atom stereocenters. The molecule has 1 aliphatic rings. The summed E-state index contributed by atoms with van der Waals surface area (Å²) in [5, 5.41) is 22.8. The van der Waals surface area contributed by atoms with Crippen molar-refractivity contribution >= 4 is 17.7 Å². The molecule has 1 amide bonds. The number of aromatic nitrogens is 2. The van der Waals surface area contributed by atoms with Crippen molar-refractivity contribution in [3.63, 3.8) is 0 Å². The fourth-order valence-electron chi connectivity index (χ4n) is 2.40. The van der Waals surface area contributed by atoms with Crippen molar-refractivity contribution in [2.24, 2.45) is 5.92 Å². The first-order chi connectivity index (χ1) is 9.95. The summed E-state index contributed by atoms with van der Waals surface area (Å²) in [6, 6.07) is 1.24. The van der Waals surface area contributed by atoms with Crippen molar-refractivity contribution in [2.75, 3.05) is 13.1 Å². The minimum Gasteiger partial charge on any atom is -0.481 e. The van der Waals surface area contributed by atoms with Crippen LogP contribution in [0.15, 0.2) is 12.3 Å². The third-order valence-electron chi connectivity index (χ3n) is 3.52. The molecule has 1 aromatic heterocycles. The molecule has 0 radical (unpaired) electrons. The summed E-state index contributed by atoms with van der Waals surface area (Å²) >= 11 is 0. The second-order valence-corrected chi connectivity index (χ2v) is 5.06. The average Bonchev–Trinajstić information content (AvgIpc) is 3.04. The molecule has 0 saturated carbocycles. The van der Waals surface area contributed by atoms with Gasteiger partial charge >= 0.3 is 11.8 Å². The summed E-state index contributed by atoms with van der Waals surface area (Å²) in [5.41, 5.74) is 0. The topological polar surface area (TPSA) is 119 Å². The minimum absolute atomic E-state index is 0.0422. The number of aliphatic carboxylic acids is 1. The molecule has 0 aromatic carbocycles. The van der Waals surface area contributed by atoms with Crippen LogP contribution in [0.3, 0.4) is 0 Å². The summed E-state index contributed by atoms with van der Waals surface area (Å²) in [7, 11) is 0. The molecular weight excluding hydrogens is 280 g/mol. The number of likely N-dealkylation sites (tertiary alicyclic amines) is 1. The second kappa shape index (κ2) is 6.33. The molecule has 2 heterocycles. The van der Waals surface area contributed by atoms with Crippen LogP contribution < -0.4 is 0 Å². The van der Waals surface area contributed by atoms with Crippen LogP contribution in [0.2, 0.25) is 0 Å². The van der Waals surface area contributed by atoms with Gasteiger partial charge in [-0.25, -0.2) is 0 Å². The maximum Gasteiger partial charge on any atom is 0.389 e. The van der Waals surface area contributed by atoms with E-state index in [4.69, 9.17) is 5.11 Å². The van der Waals surface area contributed by atoms with E-state index < -0.39 is 10.9 Å². The number of carbonyl (C=O) groups is 2. The number of carboxylic acid groups (broad SMARTS) is 1. The summed E-state index contributed by atoms with van der Waals surface area (Å²) in [6.45, 7) is 1.08. The number of amides is 1. The minimum atomic E-state index is -0.830. The molecule has 0 aliphatic carbocycles. The Morgan fingerprint density at radius 3 is 2.90 bits per heavy atom. The van der Waals surface area contributed by atoms with Crippen molar-refractivity contribution in [3.05, 3.63) is 22.4 Å². The predicted octanol–water partition coefficient (Wildman–Crippen LogP) is 0.505. The summed E-state index contributed by atoms with van der Waals surface area (Å²) in [6.07, 6.45) is 2.86. The molecule has 1 unspecified atom stereocenters. The van der Waals surface area contributed by atoms with Gasteiger partial charge in [-0.3, -0.25) is 9.59 Å². The van der Waals surface area contributed by atoms with Gasteiger partial charge in [-0.15, -0.1) is 0 Å². The zero-order chi connectivity index (χ0) is 15.4. The standard InChI is InChI=1S/C12H16N4O5/c17-11(8-15-6-4-10(13-15)16(20)21)14-5-3-9(7-14)1-2-12(18)19/h4,6,9H,1-3,5,7-8H2,(H,18,19). The van der Waals surface area contributed by atoms with Crippen LogP contribution in [0.5, 0.6) is 0 Å².